The first kappa shape index (κ1) is 17.2. The highest BCUT2D eigenvalue weighted by molar-refractivity contribution is 6.06. The Morgan fingerprint density at radius 3 is 2.61 bits per heavy atom. The van der Waals surface area contributed by atoms with Crippen molar-refractivity contribution in [2.24, 2.45) is 0 Å². The predicted molar refractivity (Wildman–Crippen MR) is 107 cm³/mol. The van der Waals surface area contributed by atoms with Gasteiger partial charge in [-0.2, -0.15) is 4.98 Å². The summed E-state index contributed by atoms with van der Waals surface area (Å²) < 4.78 is 5.48. The Hall–Kier alpha value is -2.95. The number of hydrogen-bond acceptors (Lipinski definition) is 4. The molecule has 5 nitrogen and oxygen atoms in total. The average molecular weight is 373 g/mol. The molecular formula is C23H23N3O2. The normalized spacial score (nSPS) is 16.9. The van der Waals surface area contributed by atoms with Crippen molar-refractivity contribution in [3.05, 3.63) is 65.5 Å². The molecule has 5 rings (SSSR count). The Morgan fingerprint density at radius 1 is 1.00 bits per heavy atom. The Bertz CT molecular complexity index is 987. The molecule has 0 unspecified atom stereocenters. The number of aromatic nitrogens is 2. The Morgan fingerprint density at radius 2 is 1.79 bits per heavy atom. The monoisotopic (exact) mass is 373 g/mol. The van der Waals surface area contributed by atoms with Crippen LogP contribution >= 0.6 is 0 Å². The van der Waals surface area contributed by atoms with E-state index in [4.69, 9.17) is 4.52 Å². The van der Waals surface area contributed by atoms with Crippen molar-refractivity contribution >= 4 is 11.6 Å². The summed E-state index contributed by atoms with van der Waals surface area (Å²) in [4.78, 5) is 19.5. The third-order valence-corrected chi connectivity index (χ3v) is 5.89. The van der Waals surface area contributed by atoms with Crippen molar-refractivity contribution in [1.29, 1.82) is 0 Å². The fraction of sp³-hybridized carbons (Fsp3) is 0.348. The average Bonchev–Trinajstić information content (AvgIpc) is 3.45. The zero-order valence-electron chi connectivity index (χ0n) is 15.8. The van der Waals surface area contributed by atoms with Crippen LogP contribution in [-0.4, -0.2) is 22.6 Å². The lowest BCUT2D eigenvalue weighted by molar-refractivity contribution is 0.0985. The molecule has 5 heteroatoms. The number of hydrogen-bond donors (Lipinski definition) is 0. The first-order valence-electron chi connectivity index (χ1n) is 10.1. The molecule has 1 saturated carbocycles. The van der Waals surface area contributed by atoms with Crippen LogP contribution in [0, 0.1) is 0 Å². The van der Waals surface area contributed by atoms with Crippen LogP contribution in [0.4, 0.5) is 5.69 Å². The summed E-state index contributed by atoms with van der Waals surface area (Å²) >= 11 is 0. The van der Waals surface area contributed by atoms with E-state index in [1.807, 2.05) is 47.4 Å². The van der Waals surface area contributed by atoms with Crippen molar-refractivity contribution < 1.29 is 9.32 Å². The lowest BCUT2D eigenvalue weighted by atomic mass is 10.0. The van der Waals surface area contributed by atoms with E-state index >= 15 is 0 Å². The minimum atomic E-state index is 0.0402. The number of para-hydroxylation sites is 1. The van der Waals surface area contributed by atoms with Gasteiger partial charge in [0.2, 0.25) is 11.7 Å². The number of fused-ring (bicyclic) bond motifs is 1. The molecule has 0 N–H and O–H groups in total. The summed E-state index contributed by atoms with van der Waals surface area (Å²) in [5.74, 6) is 1.79. The van der Waals surface area contributed by atoms with E-state index in [0.29, 0.717) is 17.3 Å². The zero-order valence-corrected chi connectivity index (χ0v) is 15.8. The highest BCUT2D eigenvalue weighted by atomic mass is 16.5. The Labute approximate surface area is 164 Å². The molecule has 0 saturated heterocycles. The van der Waals surface area contributed by atoms with Crippen LogP contribution in [0.3, 0.4) is 0 Å². The van der Waals surface area contributed by atoms with Crippen molar-refractivity contribution in [1.82, 2.24) is 10.1 Å². The maximum Gasteiger partial charge on any atom is 0.258 e. The lowest BCUT2D eigenvalue weighted by Crippen LogP contribution is -2.35. The second-order valence-corrected chi connectivity index (χ2v) is 7.70. The van der Waals surface area contributed by atoms with Crippen LogP contribution in [0.2, 0.25) is 0 Å². The number of benzene rings is 2. The van der Waals surface area contributed by atoms with Gasteiger partial charge in [0.25, 0.3) is 5.91 Å². The van der Waals surface area contributed by atoms with Gasteiger partial charge in [-0.25, -0.2) is 0 Å². The molecule has 1 aliphatic heterocycles. The van der Waals surface area contributed by atoms with Crippen molar-refractivity contribution in [3.8, 4) is 11.4 Å². The summed E-state index contributed by atoms with van der Waals surface area (Å²) in [6.45, 7) is 0.757. The summed E-state index contributed by atoms with van der Waals surface area (Å²) in [6.07, 6.45) is 6.75. The lowest BCUT2D eigenvalue weighted by Gasteiger charge is -2.29. The van der Waals surface area contributed by atoms with E-state index in [1.165, 1.54) is 18.4 Å². The van der Waals surface area contributed by atoms with Gasteiger partial charge >= 0.3 is 0 Å². The van der Waals surface area contributed by atoms with Gasteiger partial charge in [0.15, 0.2) is 0 Å². The van der Waals surface area contributed by atoms with E-state index < -0.39 is 0 Å². The van der Waals surface area contributed by atoms with Crippen molar-refractivity contribution in [2.75, 3.05) is 11.4 Å². The molecule has 28 heavy (non-hydrogen) atoms. The Balaban J connectivity index is 1.36. The van der Waals surface area contributed by atoms with Crippen LogP contribution in [0.1, 0.15) is 59.8 Å². The molecule has 142 valence electrons. The molecular weight excluding hydrogens is 350 g/mol. The number of rotatable bonds is 3. The van der Waals surface area contributed by atoms with Crippen LogP contribution < -0.4 is 4.90 Å². The van der Waals surface area contributed by atoms with E-state index in [0.717, 1.165) is 49.4 Å². The molecule has 0 bridgehead atoms. The number of nitrogens with zero attached hydrogens (tertiary/aromatic N) is 3. The first-order chi connectivity index (χ1) is 13.8. The second kappa shape index (κ2) is 7.23. The third kappa shape index (κ3) is 3.11. The topological polar surface area (TPSA) is 59.2 Å². The number of aryl methyl sites for hydroxylation is 1. The SMILES string of the molecule is O=C(c1ccc(-c2noc(C3CCCC3)n2)cc1)N1CCCc2ccccc21. The minimum Gasteiger partial charge on any atom is -0.339 e. The van der Waals surface area contributed by atoms with E-state index in [1.54, 1.807) is 0 Å². The van der Waals surface area contributed by atoms with E-state index in [9.17, 15) is 4.79 Å². The van der Waals surface area contributed by atoms with Gasteiger partial charge < -0.3 is 9.42 Å². The summed E-state index contributed by atoms with van der Waals surface area (Å²) in [5, 5.41) is 4.14. The number of carbonyl (C=O) groups excluding carboxylic acids is 1. The number of amides is 1. The number of carbonyl (C=O) groups is 1. The van der Waals surface area contributed by atoms with Crippen LogP contribution in [0.25, 0.3) is 11.4 Å². The van der Waals surface area contributed by atoms with Gasteiger partial charge in [0.1, 0.15) is 0 Å². The molecule has 0 atom stereocenters. The molecule has 2 aromatic carbocycles. The summed E-state index contributed by atoms with van der Waals surface area (Å²) in [6, 6.07) is 15.7. The number of anilines is 1. The summed E-state index contributed by atoms with van der Waals surface area (Å²) in [5.41, 5.74) is 3.83. The second-order valence-electron chi connectivity index (χ2n) is 7.70. The summed E-state index contributed by atoms with van der Waals surface area (Å²) in [7, 11) is 0. The fourth-order valence-electron chi connectivity index (χ4n) is 4.35. The molecule has 0 spiro atoms. The fourth-order valence-corrected chi connectivity index (χ4v) is 4.35. The van der Waals surface area contributed by atoms with Gasteiger partial charge in [0, 0.05) is 29.3 Å². The van der Waals surface area contributed by atoms with Gasteiger partial charge in [-0.15, -0.1) is 0 Å². The van der Waals surface area contributed by atoms with Gasteiger partial charge in [-0.3, -0.25) is 4.79 Å². The van der Waals surface area contributed by atoms with Crippen LogP contribution in [0.5, 0.6) is 0 Å². The van der Waals surface area contributed by atoms with Crippen molar-refractivity contribution in [3.63, 3.8) is 0 Å². The highest BCUT2D eigenvalue weighted by Crippen LogP contribution is 2.34. The van der Waals surface area contributed by atoms with Crippen LogP contribution in [-0.2, 0) is 6.42 Å². The molecule has 2 heterocycles. The zero-order chi connectivity index (χ0) is 18.9. The van der Waals surface area contributed by atoms with Gasteiger partial charge in [-0.05, 0) is 49.4 Å². The quantitative estimate of drug-likeness (QED) is 0.649. The smallest absolute Gasteiger partial charge is 0.258 e. The molecule has 1 amide bonds. The van der Waals surface area contributed by atoms with E-state index in [-0.39, 0.29) is 5.91 Å². The third-order valence-electron chi connectivity index (χ3n) is 5.89. The predicted octanol–water partition coefficient (Wildman–Crippen LogP) is 4.99. The maximum absolute atomic E-state index is 13.1. The molecule has 0 radical (unpaired) electrons. The van der Waals surface area contributed by atoms with Crippen molar-refractivity contribution in [2.45, 2.75) is 44.4 Å². The van der Waals surface area contributed by atoms with Gasteiger partial charge in [-0.1, -0.05) is 48.3 Å². The van der Waals surface area contributed by atoms with Crippen LogP contribution in [0.15, 0.2) is 53.1 Å². The van der Waals surface area contributed by atoms with Gasteiger partial charge in [0.05, 0.1) is 0 Å². The molecule has 2 aliphatic rings. The molecule has 1 aromatic heterocycles. The highest BCUT2D eigenvalue weighted by Gasteiger charge is 2.25. The molecule has 3 aromatic rings. The Kier molecular flexibility index (Phi) is 4.43. The van der Waals surface area contributed by atoms with E-state index in [2.05, 4.69) is 16.2 Å². The minimum absolute atomic E-state index is 0.0402. The molecule has 1 fully saturated rings. The molecule has 1 aliphatic carbocycles. The standard InChI is InChI=1S/C23H23N3O2/c27-23(26-15-5-9-16-6-3-4-10-20(16)26)19-13-11-17(12-14-19)21-24-22(28-25-21)18-7-1-2-8-18/h3-4,6,10-14,18H,1-2,5,7-9,15H2. The largest absolute Gasteiger partial charge is 0.339 e. The maximum atomic E-state index is 13.1. The first-order valence-corrected chi connectivity index (χ1v) is 10.1.